The topological polar surface area (TPSA) is 29.1 Å². The largest absolute Gasteiger partial charge is 0.356 e. The van der Waals surface area contributed by atoms with Gasteiger partial charge in [-0.25, -0.2) is 0 Å². The van der Waals surface area contributed by atoms with E-state index in [1.54, 1.807) is 0 Å². The molecule has 1 unspecified atom stereocenters. The summed E-state index contributed by atoms with van der Waals surface area (Å²) in [6.45, 7) is 0.810. The van der Waals surface area contributed by atoms with Crippen molar-refractivity contribution in [2.24, 2.45) is 0 Å². The normalized spacial score (nSPS) is 26.1. The average molecular weight is 266 g/mol. The lowest BCUT2D eigenvalue weighted by Crippen LogP contribution is -2.49. The quantitative estimate of drug-likeness (QED) is 0.760. The van der Waals surface area contributed by atoms with E-state index in [1.165, 1.54) is 0 Å². The highest BCUT2D eigenvalue weighted by Crippen LogP contribution is 2.29. The molecule has 0 spiro atoms. The summed E-state index contributed by atoms with van der Waals surface area (Å²) in [6, 6.07) is 8.02. The third-order valence-corrected chi connectivity index (χ3v) is 3.65. The van der Waals surface area contributed by atoms with Crippen LogP contribution in [0.4, 0.5) is 0 Å². The zero-order valence-corrected chi connectivity index (χ0v) is 10.3. The van der Waals surface area contributed by atoms with Crippen molar-refractivity contribution in [3.05, 3.63) is 34.3 Å². The van der Waals surface area contributed by atoms with Gasteiger partial charge in [-0.2, -0.15) is 0 Å². The van der Waals surface area contributed by atoms with Crippen molar-refractivity contribution in [1.82, 2.24) is 5.32 Å². The number of rotatable bonds is 1. The molecule has 1 amide bonds. The Labute approximate surface area is 99.0 Å². The number of halogens is 1. The first kappa shape index (κ1) is 10.7. The van der Waals surface area contributed by atoms with Gasteiger partial charge in [0.25, 0.3) is 0 Å². The van der Waals surface area contributed by atoms with E-state index in [4.69, 9.17) is 0 Å². The molecule has 2 nitrogen and oxygen atoms in total. The Morgan fingerprint density at radius 3 is 2.60 bits per heavy atom. The molecule has 0 radical (unpaired) electrons. The third-order valence-electron chi connectivity index (χ3n) is 3.12. The summed E-state index contributed by atoms with van der Waals surface area (Å²) in [6.07, 6.45) is 1.98. The van der Waals surface area contributed by atoms with Crippen LogP contribution in [0.25, 0.3) is 0 Å². The summed E-state index contributed by atoms with van der Waals surface area (Å²) in [5, 5.41) is 2.59. The molecule has 0 aromatic heterocycles. The molecule has 78 valence electrons. The second kappa shape index (κ2) is 4.01. The minimum Gasteiger partial charge on any atom is -0.356 e. The van der Waals surface area contributed by atoms with E-state index in [1.807, 2.05) is 32.1 Å². The maximum atomic E-state index is 11.9. The molecule has 1 aliphatic heterocycles. The van der Waals surface area contributed by atoms with Crippen molar-refractivity contribution in [2.45, 2.75) is 18.2 Å². The van der Waals surface area contributed by atoms with Gasteiger partial charge in [-0.3, -0.25) is 4.79 Å². The van der Waals surface area contributed by atoms with Gasteiger partial charge >= 0.3 is 0 Å². The van der Waals surface area contributed by atoms with Gasteiger partial charge in [-0.15, -0.1) is 0 Å². The van der Waals surface area contributed by atoms with Crippen molar-refractivity contribution < 1.29 is 4.79 Å². The second-order valence-electron chi connectivity index (χ2n) is 4.20. The van der Waals surface area contributed by atoms with Crippen LogP contribution in [-0.2, 0) is 10.1 Å². The molecular weight excluding hydrogens is 253 g/mol. The summed E-state index contributed by atoms with van der Waals surface area (Å²) in [7, 11) is 2.02. The Kier molecular flexibility index (Phi) is 2.87. The van der Waals surface area contributed by atoms with Crippen LogP contribution in [0.5, 0.6) is 0 Å². The minimum absolute atomic E-state index is 0.149. The first-order valence-electron chi connectivity index (χ1n) is 5.17. The van der Waals surface area contributed by atoms with Crippen molar-refractivity contribution in [3.63, 3.8) is 0 Å². The fraction of sp³-hybridized carbons (Fsp3) is 0.364. The molecule has 1 atom stereocenters. The Bertz CT molecular complexity index is 379. The Hall–Kier alpha value is -0.765. The van der Waals surface area contributed by atoms with Gasteiger partial charge in [0.15, 0.2) is 0 Å². The van der Waals surface area contributed by atoms with E-state index in [0.29, 0.717) is 0 Å². The van der Waals surface area contributed by atoms with Crippen LogP contribution in [0, 0.1) is 0 Å². The van der Waals surface area contributed by atoms with Crippen LogP contribution < -0.4 is 5.32 Å². The van der Waals surface area contributed by atoms with Crippen LogP contribution in [0.2, 0.25) is 0 Å². The molecule has 1 N–H and O–H groups in total. The number of carbonyl (C=O) groups excluding carboxylic acids is 1. The molecule has 1 saturated heterocycles. The number of nitrogens with one attached hydrogen (secondary N) is 1. The van der Waals surface area contributed by atoms with E-state index in [-0.39, 0.29) is 11.2 Å². The number of carbonyl (C=O) groups is 1. The number of hydrogen-bond acceptors (Lipinski definition) is 1. The van der Waals surface area contributed by atoms with Gasteiger partial charge in [0, 0.05) is 16.3 Å². The molecule has 0 aliphatic carbocycles. The van der Waals surface area contributed by atoms with Crippen molar-refractivity contribution in [1.29, 1.82) is 0 Å². The van der Waals surface area contributed by atoms with Crippen LogP contribution in [0.3, 0.4) is 0 Å². The number of piperidine rings is 1. The van der Waals surface area contributed by atoms with E-state index in [9.17, 15) is 4.79 Å². The lowest BCUT2D eigenvalue weighted by Gasteiger charge is -2.33. The summed E-state index contributed by atoms with van der Waals surface area (Å²) >= 11 is 3.40. The molecule has 2 rings (SSSR count). The highest BCUT2D eigenvalue weighted by molar-refractivity contribution is 9.10. The maximum absolute atomic E-state index is 11.9. The summed E-state index contributed by atoms with van der Waals surface area (Å²) < 4.78 is 1.05. The molecular formula is C11H13BBrNO. The molecule has 1 heterocycles. The lowest BCUT2D eigenvalue weighted by atomic mass is 9.60. The second-order valence-corrected chi connectivity index (χ2v) is 5.11. The first-order valence-corrected chi connectivity index (χ1v) is 5.96. The van der Waals surface area contributed by atoms with Crippen molar-refractivity contribution >= 4 is 29.7 Å². The Morgan fingerprint density at radius 1 is 1.33 bits per heavy atom. The van der Waals surface area contributed by atoms with E-state index < -0.39 is 0 Å². The maximum Gasteiger partial charge on any atom is 0.222 e. The molecule has 1 aromatic carbocycles. The third kappa shape index (κ3) is 1.95. The van der Waals surface area contributed by atoms with E-state index >= 15 is 0 Å². The van der Waals surface area contributed by atoms with Gasteiger partial charge in [-0.1, -0.05) is 28.1 Å². The van der Waals surface area contributed by atoms with Crippen molar-refractivity contribution in [3.8, 4) is 0 Å². The smallest absolute Gasteiger partial charge is 0.222 e. The molecule has 1 aliphatic rings. The predicted molar refractivity (Wildman–Crippen MR) is 66.6 cm³/mol. The minimum atomic E-state index is -0.348. The summed E-state index contributed by atoms with van der Waals surface area (Å²) in [4.78, 5) is 11.9. The predicted octanol–water partition coefficient (Wildman–Crippen LogP) is 1.19. The van der Waals surface area contributed by atoms with Crippen LogP contribution in [0.15, 0.2) is 28.7 Å². The molecule has 0 saturated carbocycles. The standard InChI is InChI=1S/C11H13BBrNO/c12-11(6-1-7-14-10(11)15)8-2-4-9(13)5-3-8/h2-5H,1,6-7,12H2,(H,14,15). The van der Waals surface area contributed by atoms with Crippen LogP contribution in [0.1, 0.15) is 18.4 Å². The van der Waals surface area contributed by atoms with Crippen LogP contribution in [-0.4, -0.2) is 20.3 Å². The fourth-order valence-electron chi connectivity index (χ4n) is 2.05. The van der Waals surface area contributed by atoms with Crippen molar-refractivity contribution in [2.75, 3.05) is 6.54 Å². The average Bonchev–Trinajstić information content (AvgIpc) is 2.23. The first-order chi connectivity index (χ1) is 7.13. The van der Waals surface area contributed by atoms with Gasteiger partial charge < -0.3 is 5.32 Å². The Balaban J connectivity index is 2.35. The fourth-order valence-corrected chi connectivity index (χ4v) is 2.31. The molecule has 4 heteroatoms. The molecule has 0 bridgehead atoms. The van der Waals surface area contributed by atoms with Gasteiger partial charge in [-0.05, 0) is 30.5 Å². The van der Waals surface area contributed by atoms with Gasteiger partial charge in [0.05, 0.1) is 0 Å². The summed E-state index contributed by atoms with van der Waals surface area (Å²) in [5.74, 6) is 0.149. The SMILES string of the molecule is BC1(c2ccc(Br)cc2)CCCNC1=O. The highest BCUT2D eigenvalue weighted by atomic mass is 79.9. The van der Waals surface area contributed by atoms with E-state index in [2.05, 4.69) is 21.2 Å². The lowest BCUT2D eigenvalue weighted by molar-refractivity contribution is -0.125. The molecule has 1 aromatic rings. The number of hydrogen-bond donors (Lipinski definition) is 1. The van der Waals surface area contributed by atoms with Crippen LogP contribution >= 0.6 is 15.9 Å². The highest BCUT2D eigenvalue weighted by Gasteiger charge is 2.36. The van der Waals surface area contributed by atoms with E-state index in [0.717, 1.165) is 29.4 Å². The summed E-state index contributed by atoms with van der Waals surface area (Å²) in [5.41, 5.74) is 1.10. The zero-order valence-electron chi connectivity index (χ0n) is 8.72. The Morgan fingerprint density at radius 2 is 2.00 bits per heavy atom. The molecule has 1 fully saturated rings. The molecule has 15 heavy (non-hydrogen) atoms. The zero-order chi connectivity index (χ0) is 10.9. The monoisotopic (exact) mass is 265 g/mol. The number of benzene rings is 1. The number of amides is 1. The van der Waals surface area contributed by atoms with Gasteiger partial charge in [0.2, 0.25) is 5.91 Å². The van der Waals surface area contributed by atoms with Gasteiger partial charge in [0.1, 0.15) is 7.85 Å².